The summed E-state index contributed by atoms with van der Waals surface area (Å²) in [4.78, 5) is 23.3. The third-order valence-corrected chi connectivity index (χ3v) is 5.80. The number of carbonyl (C=O) groups excluding carboxylic acids is 1. The first-order valence-electron chi connectivity index (χ1n) is 7.37. The maximum absolute atomic E-state index is 12.2. The lowest BCUT2D eigenvalue weighted by Gasteiger charge is -2.19. The number of sulfone groups is 1. The molecule has 0 saturated carbocycles. The number of nitrogens with zero attached hydrogens (tertiary/aromatic N) is 1. The fourth-order valence-corrected chi connectivity index (χ4v) is 4.56. The van der Waals surface area contributed by atoms with Gasteiger partial charge in [-0.2, -0.15) is 0 Å². The van der Waals surface area contributed by atoms with Gasteiger partial charge in [0.1, 0.15) is 17.5 Å². The van der Waals surface area contributed by atoms with Crippen molar-refractivity contribution in [3.05, 3.63) is 28.3 Å². The van der Waals surface area contributed by atoms with Crippen molar-refractivity contribution in [2.24, 2.45) is 0 Å². The Kier molecular flexibility index (Phi) is 5.40. The standard InChI is InChI=1S/C14H19N3O6S/c1-16(11-5-6-24(21,22)9-11)8-14(18)15-12-7-10(17(19)20)3-4-13(12)23-2/h3-4,7,11H,5-6,8-9H2,1-2H3,(H,15,18)/p+1/t11-/m1/s1. The number of nitrogens with one attached hydrogen (secondary N) is 2. The minimum atomic E-state index is -3.01. The van der Waals surface area contributed by atoms with Gasteiger partial charge in [-0.05, 0) is 6.07 Å². The van der Waals surface area contributed by atoms with Crippen LogP contribution in [-0.4, -0.2) is 57.5 Å². The van der Waals surface area contributed by atoms with Gasteiger partial charge in [0.25, 0.3) is 11.6 Å². The third kappa shape index (κ3) is 4.42. The lowest BCUT2D eigenvalue weighted by Crippen LogP contribution is -3.14. The van der Waals surface area contributed by atoms with Crippen molar-refractivity contribution in [3.63, 3.8) is 0 Å². The van der Waals surface area contributed by atoms with E-state index in [9.17, 15) is 23.3 Å². The molecule has 1 aliphatic heterocycles. The monoisotopic (exact) mass is 358 g/mol. The average Bonchev–Trinajstić information content (AvgIpc) is 2.87. The molecule has 0 bridgehead atoms. The molecule has 1 fully saturated rings. The smallest absolute Gasteiger partial charge is 0.279 e. The molecule has 24 heavy (non-hydrogen) atoms. The fourth-order valence-electron chi connectivity index (χ4n) is 2.68. The SMILES string of the molecule is COc1ccc([N+](=O)[O-])cc1NC(=O)C[NH+](C)[C@@H]1CCS(=O)(=O)C1. The third-order valence-electron chi connectivity index (χ3n) is 4.04. The second-order valence-corrected chi connectivity index (χ2v) is 8.04. The Morgan fingerprint density at radius 2 is 2.21 bits per heavy atom. The number of methoxy groups -OCH3 is 1. The van der Waals surface area contributed by atoms with Gasteiger partial charge < -0.3 is 15.0 Å². The Morgan fingerprint density at radius 1 is 1.50 bits per heavy atom. The second-order valence-electron chi connectivity index (χ2n) is 5.81. The molecule has 132 valence electrons. The Balaban J connectivity index is 2.04. The van der Waals surface area contributed by atoms with Crippen LogP contribution in [0.25, 0.3) is 0 Å². The number of carbonyl (C=O) groups is 1. The number of quaternary nitrogens is 1. The summed E-state index contributed by atoms with van der Waals surface area (Å²) in [6.07, 6.45) is 0.529. The Bertz CT molecular complexity index is 749. The molecule has 0 aliphatic carbocycles. The van der Waals surface area contributed by atoms with Crippen molar-refractivity contribution >= 4 is 27.1 Å². The molecule has 2 atom stereocenters. The van der Waals surface area contributed by atoms with Crippen LogP contribution in [0.1, 0.15) is 6.42 Å². The molecule has 1 saturated heterocycles. The van der Waals surface area contributed by atoms with Crippen molar-refractivity contribution in [2.75, 3.05) is 37.5 Å². The predicted octanol–water partition coefficient (Wildman–Crippen LogP) is -0.756. The highest BCUT2D eigenvalue weighted by atomic mass is 32.2. The normalized spacial score (nSPS) is 20.3. The highest BCUT2D eigenvalue weighted by molar-refractivity contribution is 7.91. The van der Waals surface area contributed by atoms with Crippen LogP contribution in [0, 0.1) is 10.1 Å². The zero-order chi connectivity index (χ0) is 17.9. The molecule has 2 rings (SSSR count). The van der Waals surface area contributed by atoms with E-state index >= 15 is 0 Å². The molecule has 10 heteroatoms. The summed E-state index contributed by atoms with van der Waals surface area (Å²) in [6.45, 7) is 0.0615. The fraction of sp³-hybridized carbons (Fsp3) is 0.500. The van der Waals surface area contributed by atoms with Gasteiger partial charge in [-0.15, -0.1) is 0 Å². The summed E-state index contributed by atoms with van der Waals surface area (Å²) < 4.78 is 28.1. The molecule has 9 nitrogen and oxygen atoms in total. The summed E-state index contributed by atoms with van der Waals surface area (Å²) >= 11 is 0. The van der Waals surface area contributed by atoms with E-state index in [1.54, 1.807) is 7.05 Å². The van der Waals surface area contributed by atoms with Gasteiger partial charge in [0.15, 0.2) is 16.4 Å². The lowest BCUT2D eigenvalue weighted by atomic mass is 10.2. The zero-order valence-corrected chi connectivity index (χ0v) is 14.3. The molecule has 1 aromatic carbocycles. The molecule has 0 radical (unpaired) electrons. The lowest BCUT2D eigenvalue weighted by molar-refractivity contribution is -0.894. The minimum absolute atomic E-state index is 0.0615. The van der Waals surface area contributed by atoms with Crippen LogP contribution in [0.4, 0.5) is 11.4 Å². The van der Waals surface area contributed by atoms with E-state index in [1.165, 1.54) is 25.3 Å². The van der Waals surface area contributed by atoms with E-state index in [0.717, 1.165) is 4.90 Å². The van der Waals surface area contributed by atoms with Crippen molar-refractivity contribution in [3.8, 4) is 5.75 Å². The molecule has 1 unspecified atom stereocenters. The van der Waals surface area contributed by atoms with E-state index in [-0.39, 0.29) is 41.4 Å². The average molecular weight is 358 g/mol. The quantitative estimate of drug-likeness (QED) is 0.510. The number of amides is 1. The molecule has 1 heterocycles. The molecule has 1 aliphatic rings. The van der Waals surface area contributed by atoms with Gasteiger partial charge >= 0.3 is 0 Å². The molecule has 1 amide bonds. The summed E-state index contributed by atoms with van der Waals surface area (Å²) in [5.41, 5.74) is 0.0530. The summed E-state index contributed by atoms with van der Waals surface area (Å²) in [5, 5.41) is 13.4. The molecular weight excluding hydrogens is 338 g/mol. The van der Waals surface area contributed by atoms with Gasteiger partial charge in [-0.1, -0.05) is 0 Å². The van der Waals surface area contributed by atoms with Crippen LogP contribution < -0.4 is 15.0 Å². The maximum atomic E-state index is 12.2. The topological polar surface area (TPSA) is 120 Å². The summed E-state index contributed by atoms with van der Waals surface area (Å²) in [7, 11) is 0.152. The minimum Gasteiger partial charge on any atom is -0.495 e. The van der Waals surface area contributed by atoms with E-state index in [0.29, 0.717) is 12.2 Å². The van der Waals surface area contributed by atoms with E-state index in [1.807, 2.05) is 0 Å². The highest BCUT2D eigenvalue weighted by Crippen LogP contribution is 2.28. The number of non-ortho nitro benzene ring substituents is 1. The Labute approximate surface area is 139 Å². The van der Waals surface area contributed by atoms with E-state index in [4.69, 9.17) is 4.74 Å². The van der Waals surface area contributed by atoms with Crippen molar-refractivity contribution < 1.29 is 27.8 Å². The first kappa shape index (κ1) is 18.1. The number of hydrogen-bond donors (Lipinski definition) is 2. The number of likely N-dealkylation sites (N-methyl/N-ethyl adjacent to an activating group) is 1. The van der Waals surface area contributed by atoms with Crippen molar-refractivity contribution in [1.82, 2.24) is 0 Å². The molecular formula is C14H20N3O6S+. The molecule has 1 aromatic rings. The number of nitro groups is 1. The van der Waals surface area contributed by atoms with Crippen LogP contribution in [0.3, 0.4) is 0 Å². The van der Waals surface area contributed by atoms with Gasteiger partial charge in [-0.3, -0.25) is 14.9 Å². The number of hydrogen-bond acceptors (Lipinski definition) is 6. The van der Waals surface area contributed by atoms with Gasteiger partial charge in [0, 0.05) is 18.6 Å². The number of nitro benzene ring substituents is 1. The molecule has 0 aromatic heterocycles. The largest absolute Gasteiger partial charge is 0.495 e. The van der Waals surface area contributed by atoms with Crippen LogP contribution >= 0.6 is 0 Å². The number of rotatable bonds is 6. The first-order chi connectivity index (χ1) is 11.2. The van der Waals surface area contributed by atoms with E-state index in [2.05, 4.69) is 5.32 Å². The number of anilines is 1. The predicted molar refractivity (Wildman–Crippen MR) is 87.1 cm³/mol. The maximum Gasteiger partial charge on any atom is 0.279 e. The van der Waals surface area contributed by atoms with Crippen LogP contribution in [0.15, 0.2) is 18.2 Å². The zero-order valence-electron chi connectivity index (χ0n) is 13.4. The van der Waals surface area contributed by atoms with Crippen molar-refractivity contribution in [2.45, 2.75) is 12.5 Å². The summed E-state index contributed by atoms with van der Waals surface area (Å²) in [5.74, 6) is 0.173. The van der Waals surface area contributed by atoms with Crippen molar-refractivity contribution in [1.29, 1.82) is 0 Å². The number of ether oxygens (including phenoxy) is 1. The second kappa shape index (κ2) is 7.14. The highest BCUT2D eigenvalue weighted by Gasteiger charge is 2.34. The number of benzene rings is 1. The van der Waals surface area contributed by atoms with Gasteiger partial charge in [-0.25, -0.2) is 8.42 Å². The molecule has 0 spiro atoms. The Hall–Kier alpha value is -2.20. The summed E-state index contributed by atoms with van der Waals surface area (Å²) in [6, 6.07) is 3.81. The van der Waals surface area contributed by atoms with Crippen LogP contribution in [0.2, 0.25) is 0 Å². The van der Waals surface area contributed by atoms with E-state index < -0.39 is 14.8 Å². The van der Waals surface area contributed by atoms with Crippen LogP contribution in [-0.2, 0) is 14.6 Å². The van der Waals surface area contributed by atoms with Gasteiger partial charge in [0.2, 0.25) is 0 Å². The van der Waals surface area contributed by atoms with Crippen LogP contribution in [0.5, 0.6) is 5.75 Å². The Morgan fingerprint density at radius 3 is 2.75 bits per heavy atom. The first-order valence-corrected chi connectivity index (χ1v) is 9.19. The molecule has 2 N–H and O–H groups in total. The van der Waals surface area contributed by atoms with Gasteiger partial charge in [0.05, 0.1) is 30.5 Å².